The van der Waals surface area contributed by atoms with Gasteiger partial charge in [-0.3, -0.25) is 0 Å². The molecule has 0 radical (unpaired) electrons. The molecule has 4 rings (SSSR count). The molecule has 1 N–H and O–H groups in total. The molecule has 25 heavy (non-hydrogen) atoms. The molecule has 0 aliphatic carbocycles. The first-order chi connectivity index (χ1) is 12.2. The van der Waals surface area contributed by atoms with Crippen molar-refractivity contribution in [3.8, 4) is 28.4 Å². The van der Waals surface area contributed by atoms with Crippen molar-refractivity contribution in [2.45, 2.75) is 13.3 Å². The van der Waals surface area contributed by atoms with Crippen LogP contribution in [0.25, 0.3) is 16.9 Å². The number of hydrogen-bond donors (Lipinski definition) is 1. The molecular formula is C20H21N3O2. The van der Waals surface area contributed by atoms with Crippen LogP contribution in [0.3, 0.4) is 0 Å². The summed E-state index contributed by atoms with van der Waals surface area (Å²) in [6, 6.07) is 14.3. The fourth-order valence-electron chi connectivity index (χ4n) is 3.41. The van der Waals surface area contributed by atoms with Crippen LogP contribution in [0.2, 0.25) is 0 Å². The molecule has 0 fully saturated rings. The quantitative estimate of drug-likeness (QED) is 0.787. The van der Waals surface area contributed by atoms with Crippen LogP contribution in [0.15, 0.2) is 42.5 Å². The van der Waals surface area contributed by atoms with Gasteiger partial charge >= 0.3 is 0 Å². The zero-order valence-electron chi connectivity index (χ0n) is 14.7. The van der Waals surface area contributed by atoms with Crippen LogP contribution in [-0.2, 0) is 6.42 Å². The van der Waals surface area contributed by atoms with Gasteiger partial charge in [-0.05, 0) is 43.2 Å². The monoisotopic (exact) mass is 335 g/mol. The molecule has 3 aromatic rings. The van der Waals surface area contributed by atoms with Gasteiger partial charge in [0.1, 0.15) is 11.5 Å². The number of nitrogens with zero attached hydrogens (tertiary/aromatic N) is 2. The van der Waals surface area contributed by atoms with E-state index in [0.717, 1.165) is 35.7 Å². The number of aromatic nitrogens is 2. The molecular weight excluding hydrogens is 314 g/mol. The number of methoxy groups -OCH3 is 2. The molecule has 0 spiro atoms. The summed E-state index contributed by atoms with van der Waals surface area (Å²) in [4.78, 5) is 0. The van der Waals surface area contributed by atoms with Crippen molar-refractivity contribution in [2.24, 2.45) is 0 Å². The smallest absolute Gasteiger partial charge is 0.170 e. The van der Waals surface area contributed by atoms with Crippen LogP contribution in [0.5, 0.6) is 11.5 Å². The number of ether oxygens (including phenoxy) is 2. The molecule has 0 bridgehead atoms. The van der Waals surface area contributed by atoms with E-state index in [4.69, 9.17) is 14.6 Å². The molecule has 5 nitrogen and oxygen atoms in total. The maximum Gasteiger partial charge on any atom is 0.170 e. The molecule has 5 heteroatoms. The molecule has 128 valence electrons. The van der Waals surface area contributed by atoms with E-state index in [9.17, 15) is 0 Å². The predicted molar refractivity (Wildman–Crippen MR) is 99.0 cm³/mol. The molecule has 0 saturated heterocycles. The third-order valence-corrected chi connectivity index (χ3v) is 4.56. The molecule has 2 heterocycles. The minimum Gasteiger partial charge on any atom is -0.493 e. The van der Waals surface area contributed by atoms with Crippen molar-refractivity contribution in [2.75, 3.05) is 26.1 Å². The lowest BCUT2D eigenvalue weighted by Gasteiger charge is -2.11. The van der Waals surface area contributed by atoms with Crippen LogP contribution in [0.1, 0.15) is 11.1 Å². The number of benzene rings is 2. The first kappa shape index (κ1) is 15.6. The average molecular weight is 335 g/mol. The van der Waals surface area contributed by atoms with Crippen molar-refractivity contribution in [3.05, 3.63) is 53.6 Å². The minimum absolute atomic E-state index is 0.713. The maximum absolute atomic E-state index is 5.62. The Labute approximate surface area is 147 Å². The highest BCUT2D eigenvalue weighted by atomic mass is 16.5. The van der Waals surface area contributed by atoms with E-state index in [1.165, 1.54) is 11.1 Å². The number of fused-ring (bicyclic) bond motifs is 1. The van der Waals surface area contributed by atoms with Crippen molar-refractivity contribution >= 4 is 5.82 Å². The summed E-state index contributed by atoms with van der Waals surface area (Å²) in [6.07, 6.45) is 0.941. The second-order valence-corrected chi connectivity index (χ2v) is 6.14. The zero-order chi connectivity index (χ0) is 17.4. The predicted octanol–water partition coefficient (Wildman–Crippen LogP) is 3.83. The van der Waals surface area contributed by atoms with Gasteiger partial charge < -0.3 is 14.8 Å². The van der Waals surface area contributed by atoms with Gasteiger partial charge in [-0.25, -0.2) is 4.68 Å². The Kier molecular flexibility index (Phi) is 3.84. The lowest BCUT2D eigenvalue weighted by atomic mass is 10.1. The molecule has 0 saturated carbocycles. The Balaban J connectivity index is 1.92. The van der Waals surface area contributed by atoms with Gasteiger partial charge in [-0.15, -0.1) is 0 Å². The topological polar surface area (TPSA) is 48.3 Å². The number of rotatable bonds is 4. The molecule has 2 aromatic carbocycles. The van der Waals surface area contributed by atoms with Crippen LogP contribution < -0.4 is 14.8 Å². The Hall–Kier alpha value is -2.95. The normalized spacial score (nSPS) is 12.6. The van der Waals surface area contributed by atoms with Gasteiger partial charge in [-0.1, -0.05) is 18.2 Å². The number of aryl methyl sites for hydroxylation is 1. The van der Waals surface area contributed by atoms with Gasteiger partial charge in [0.25, 0.3) is 0 Å². The SMILES string of the molecule is COc1cccc(-c2nn(-c3cccc(C)c3)c3c2CCN3)c1OC. The first-order valence-corrected chi connectivity index (χ1v) is 8.37. The highest BCUT2D eigenvalue weighted by Crippen LogP contribution is 2.42. The highest BCUT2D eigenvalue weighted by molar-refractivity contribution is 5.78. The molecule has 1 aromatic heterocycles. The Morgan fingerprint density at radius 3 is 2.68 bits per heavy atom. The van der Waals surface area contributed by atoms with Crippen molar-refractivity contribution in [1.82, 2.24) is 9.78 Å². The van der Waals surface area contributed by atoms with Gasteiger partial charge in [-0.2, -0.15) is 5.10 Å². The molecule has 1 aliphatic heterocycles. The van der Waals surface area contributed by atoms with Crippen LogP contribution in [0, 0.1) is 6.92 Å². The summed E-state index contributed by atoms with van der Waals surface area (Å²) in [5.74, 6) is 2.49. The van der Waals surface area contributed by atoms with Crippen molar-refractivity contribution < 1.29 is 9.47 Å². The minimum atomic E-state index is 0.713. The summed E-state index contributed by atoms with van der Waals surface area (Å²) in [5, 5.41) is 8.39. The third-order valence-electron chi connectivity index (χ3n) is 4.56. The Morgan fingerprint density at radius 1 is 1.08 bits per heavy atom. The van der Waals surface area contributed by atoms with E-state index in [1.807, 2.05) is 22.9 Å². The second kappa shape index (κ2) is 6.16. The lowest BCUT2D eigenvalue weighted by Crippen LogP contribution is -2.04. The van der Waals surface area contributed by atoms with E-state index in [1.54, 1.807) is 14.2 Å². The Bertz CT molecular complexity index is 931. The standard InChI is InChI=1S/C20H21N3O2/c1-13-6-4-7-14(12-13)23-20-16(10-11-21-20)18(22-23)15-8-5-9-17(24-2)19(15)25-3/h4-9,12,21H,10-11H2,1-3H3. The summed E-state index contributed by atoms with van der Waals surface area (Å²) in [7, 11) is 3.32. The molecule has 0 unspecified atom stereocenters. The van der Waals surface area contributed by atoms with E-state index in [2.05, 4.69) is 36.5 Å². The fourth-order valence-corrected chi connectivity index (χ4v) is 3.41. The third kappa shape index (κ3) is 2.52. The van der Waals surface area contributed by atoms with E-state index in [-0.39, 0.29) is 0 Å². The fraction of sp³-hybridized carbons (Fsp3) is 0.250. The van der Waals surface area contributed by atoms with Gasteiger partial charge in [0, 0.05) is 17.7 Å². The molecule has 0 atom stereocenters. The molecule has 1 aliphatic rings. The summed E-state index contributed by atoms with van der Waals surface area (Å²) < 4.78 is 13.1. The van der Waals surface area contributed by atoms with Gasteiger partial charge in [0.15, 0.2) is 11.5 Å². The largest absolute Gasteiger partial charge is 0.493 e. The van der Waals surface area contributed by atoms with Crippen molar-refractivity contribution in [1.29, 1.82) is 0 Å². The maximum atomic E-state index is 5.62. The molecule has 0 amide bonds. The number of hydrogen-bond acceptors (Lipinski definition) is 4. The average Bonchev–Trinajstić information content (AvgIpc) is 3.23. The van der Waals surface area contributed by atoms with Gasteiger partial charge in [0.05, 0.1) is 19.9 Å². The summed E-state index contributed by atoms with van der Waals surface area (Å²) in [6.45, 7) is 3.00. The van der Waals surface area contributed by atoms with E-state index in [0.29, 0.717) is 11.5 Å². The van der Waals surface area contributed by atoms with Crippen LogP contribution in [-0.4, -0.2) is 30.5 Å². The highest BCUT2D eigenvalue weighted by Gasteiger charge is 2.26. The number of nitrogens with one attached hydrogen (secondary N) is 1. The lowest BCUT2D eigenvalue weighted by molar-refractivity contribution is 0.356. The first-order valence-electron chi connectivity index (χ1n) is 8.37. The summed E-state index contributed by atoms with van der Waals surface area (Å²) in [5.41, 5.74) is 5.37. The number of para-hydroxylation sites is 1. The summed E-state index contributed by atoms with van der Waals surface area (Å²) >= 11 is 0. The van der Waals surface area contributed by atoms with Crippen LogP contribution in [0.4, 0.5) is 5.82 Å². The Morgan fingerprint density at radius 2 is 1.92 bits per heavy atom. The number of anilines is 1. The van der Waals surface area contributed by atoms with Crippen molar-refractivity contribution in [3.63, 3.8) is 0 Å². The van der Waals surface area contributed by atoms with Gasteiger partial charge in [0.2, 0.25) is 0 Å². The zero-order valence-corrected chi connectivity index (χ0v) is 14.7. The van der Waals surface area contributed by atoms with E-state index < -0.39 is 0 Å². The van der Waals surface area contributed by atoms with E-state index >= 15 is 0 Å². The van der Waals surface area contributed by atoms with Crippen LogP contribution >= 0.6 is 0 Å². The second-order valence-electron chi connectivity index (χ2n) is 6.14.